The molecule has 4 aliphatic rings. The maximum Gasteiger partial charge on any atom is 0.252 e. The third kappa shape index (κ3) is 3.65. The molecule has 0 aliphatic heterocycles. The molecule has 0 radical (unpaired) electrons. The topological polar surface area (TPSA) is 29.5 Å². The Morgan fingerprint density at radius 2 is 1.67 bits per heavy atom. The van der Waals surface area contributed by atoms with Crippen molar-refractivity contribution in [3.8, 4) is 0 Å². The van der Waals surface area contributed by atoms with E-state index < -0.39 is 11.3 Å². The molecule has 4 fully saturated rings. The number of alkyl halides is 2. The summed E-state index contributed by atoms with van der Waals surface area (Å²) >= 11 is 0. The molecular weight excluding hydrogens is 310 g/mol. The Kier molecular flexibility index (Phi) is 5.03. The number of hydrogen-bond acceptors (Lipinski definition) is 2. The van der Waals surface area contributed by atoms with Crippen molar-refractivity contribution >= 4 is 0 Å². The van der Waals surface area contributed by atoms with Crippen LogP contribution in [0, 0.1) is 28.6 Å². The summed E-state index contributed by atoms with van der Waals surface area (Å²) in [5.74, 6) is -0.876. The van der Waals surface area contributed by atoms with Crippen molar-refractivity contribution in [1.82, 2.24) is 0 Å². The summed E-state index contributed by atoms with van der Waals surface area (Å²) in [7, 11) is 0. The van der Waals surface area contributed by atoms with Crippen molar-refractivity contribution in [2.75, 3.05) is 13.2 Å². The van der Waals surface area contributed by atoms with E-state index in [1.54, 1.807) is 20.8 Å². The van der Waals surface area contributed by atoms with Gasteiger partial charge in [0.05, 0.1) is 12.7 Å². The molecule has 2 atom stereocenters. The monoisotopic (exact) mass is 344 g/mol. The van der Waals surface area contributed by atoms with Gasteiger partial charge in [0.25, 0.3) is 5.92 Å². The van der Waals surface area contributed by atoms with Crippen LogP contribution >= 0.6 is 0 Å². The van der Waals surface area contributed by atoms with Gasteiger partial charge < -0.3 is 9.84 Å². The van der Waals surface area contributed by atoms with Gasteiger partial charge in [0, 0.05) is 18.4 Å². The van der Waals surface area contributed by atoms with Crippen LogP contribution in [-0.2, 0) is 4.74 Å². The minimum Gasteiger partial charge on any atom is -0.393 e. The second-order valence-corrected chi connectivity index (χ2v) is 9.92. The summed E-state index contributed by atoms with van der Waals surface area (Å²) in [6.45, 7) is 6.16. The Morgan fingerprint density at radius 3 is 2.25 bits per heavy atom. The van der Waals surface area contributed by atoms with E-state index in [1.165, 1.54) is 19.3 Å². The van der Waals surface area contributed by atoms with Crippen LogP contribution in [0.15, 0.2) is 0 Å². The Morgan fingerprint density at radius 1 is 1.04 bits per heavy atom. The van der Waals surface area contributed by atoms with E-state index in [1.807, 2.05) is 0 Å². The van der Waals surface area contributed by atoms with Crippen LogP contribution < -0.4 is 0 Å². The predicted octanol–water partition coefficient (Wildman–Crippen LogP) is 5.04. The fourth-order valence-electron chi connectivity index (χ4n) is 5.56. The number of aliphatic hydroxyl groups excluding tert-OH is 1. The maximum absolute atomic E-state index is 13.9. The highest BCUT2D eigenvalue weighted by molar-refractivity contribution is 5.05. The molecular formula is C20H34F2O2. The molecule has 0 aromatic heterocycles. The van der Waals surface area contributed by atoms with Crippen LogP contribution in [0.1, 0.15) is 72.1 Å². The molecule has 2 nitrogen and oxygen atoms in total. The summed E-state index contributed by atoms with van der Waals surface area (Å²) in [6, 6.07) is 0. The second kappa shape index (κ2) is 6.50. The Bertz CT molecular complexity index is 427. The largest absolute Gasteiger partial charge is 0.393 e. The van der Waals surface area contributed by atoms with E-state index in [-0.39, 0.29) is 17.9 Å². The van der Waals surface area contributed by atoms with E-state index in [2.05, 4.69) is 0 Å². The first-order valence-corrected chi connectivity index (χ1v) is 9.76. The molecule has 4 aliphatic carbocycles. The van der Waals surface area contributed by atoms with Gasteiger partial charge in [0.15, 0.2) is 0 Å². The summed E-state index contributed by atoms with van der Waals surface area (Å²) in [6.07, 6.45) is 6.92. The Labute approximate surface area is 145 Å². The molecule has 4 saturated carbocycles. The summed E-state index contributed by atoms with van der Waals surface area (Å²) in [5, 5.41) is 10.3. The van der Waals surface area contributed by atoms with Crippen LogP contribution in [-0.4, -0.2) is 30.3 Å². The van der Waals surface area contributed by atoms with E-state index in [9.17, 15) is 13.9 Å². The standard InChI is InChI=1S/C20H34F2O2/c1-18(2,3)20(21,22)6-4-5-7-24-13-19-10-14-8-15(11-19)17(23)16(9-14)12-19/h14-17,23H,4-13H2,1-3H3. The third-order valence-electron chi connectivity index (χ3n) is 6.89. The number of aliphatic hydroxyl groups is 1. The van der Waals surface area contributed by atoms with E-state index in [4.69, 9.17) is 4.74 Å². The summed E-state index contributed by atoms with van der Waals surface area (Å²) in [5.41, 5.74) is -0.695. The lowest BCUT2D eigenvalue weighted by molar-refractivity contribution is -0.155. The van der Waals surface area contributed by atoms with Gasteiger partial charge in [-0.2, -0.15) is 0 Å². The van der Waals surface area contributed by atoms with Gasteiger partial charge in [0.2, 0.25) is 0 Å². The first-order valence-electron chi connectivity index (χ1n) is 9.76. The Balaban J connectivity index is 1.37. The van der Waals surface area contributed by atoms with Gasteiger partial charge in [-0.25, -0.2) is 8.78 Å². The molecule has 0 heterocycles. The molecule has 0 saturated heterocycles. The number of unbranched alkanes of at least 4 members (excludes halogenated alkanes) is 1. The predicted molar refractivity (Wildman–Crippen MR) is 91.1 cm³/mol. The van der Waals surface area contributed by atoms with Gasteiger partial charge in [-0.1, -0.05) is 20.8 Å². The van der Waals surface area contributed by atoms with Crippen molar-refractivity contribution in [2.45, 2.75) is 84.2 Å². The zero-order valence-electron chi connectivity index (χ0n) is 15.5. The molecule has 4 rings (SSSR count). The van der Waals surface area contributed by atoms with Gasteiger partial charge in [-0.15, -0.1) is 0 Å². The highest BCUT2D eigenvalue weighted by atomic mass is 19.3. The Hall–Kier alpha value is -0.220. The lowest BCUT2D eigenvalue weighted by atomic mass is 9.49. The van der Waals surface area contributed by atoms with Crippen molar-refractivity contribution in [2.24, 2.45) is 28.6 Å². The number of rotatable bonds is 7. The number of halogens is 2. The molecule has 24 heavy (non-hydrogen) atoms. The van der Waals surface area contributed by atoms with Crippen LogP contribution in [0.25, 0.3) is 0 Å². The molecule has 1 N–H and O–H groups in total. The van der Waals surface area contributed by atoms with E-state index >= 15 is 0 Å². The zero-order chi connectivity index (χ0) is 17.6. The molecule has 0 amide bonds. The first-order chi connectivity index (χ1) is 11.1. The average molecular weight is 344 g/mol. The quantitative estimate of drug-likeness (QED) is 0.656. The molecule has 4 bridgehead atoms. The van der Waals surface area contributed by atoms with Crippen molar-refractivity contribution in [3.05, 3.63) is 0 Å². The van der Waals surface area contributed by atoms with Gasteiger partial charge >= 0.3 is 0 Å². The summed E-state index contributed by atoms with van der Waals surface area (Å²) < 4.78 is 33.8. The minimum atomic E-state index is -2.61. The average Bonchev–Trinajstić information content (AvgIpc) is 2.46. The fourth-order valence-corrected chi connectivity index (χ4v) is 5.56. The molecule has 140 valence electrons. The lowest BCUT2D eigenvalue weighted by Gasteiger charge is -2.58. The van der Waals surface area contributed by atoms with Gasteiger partial charge in [0.1, 0.15) is 0 Å². The van der Waals surface area contributed by atoms with Crippen LogP contribution in [0.5, 0.6) is 0 Å². The highest BCUT2D eigenvalue weighted by Gasteiger charge is 2.54. The van der Waals surface area contributed by atoms with Crippen molar-refractivity contribution in [3.63, 3.8) is 0 Å². The number of hydrogen-bond donors (Lipinski definition) is 1. The third-order valence-corrected chi connectivity index (χ3v) is 6.89. The SMILES string of the molecule is CC(C)(C)C(F)(F)CCCCOCC12CC3CC(C1)C(O)C(C3)C2. The van der Waals surface area contributed by atoms with Crippen LogP contribution in [0.2, 0.25) is 0 Å². The van der Waals surface area contributed by atoms with Crippen molar-refractivity contribution < 1.29 is 18.6 Å². The van der Waals surface area contributed by atoms with Gasteiger partial charge in [-0.05, 0) is 68.1 Å². The lowest BCUT2D eigenvalue weighted by Crippen LogP contribution is -2.54. The second-order valence-electron chi connectivity index (χ2n) is 9.92. The molecule has 0 spiro atoms. The molecule has 0 aromatic rings. The normalized spacial score (nSPS) is 38.8. The fraction of sp³-hybridized carbons (Fsp3) is 1.00. The smallest absolute Gasteiger partial charge is 0.252 e. The van der Waals surface area contributed by atoms with Crippen LogP contribution in [0.3, 0.4) is 0 Å². The first kappa shape index (κ1) is 18.6. The van der Waals surface area contributed by atoms with Crippen LogP contribution in [0.4, 0.5) is 8.78 Å². The zero-order valence-corrected chi connectivity index (χ0v) is 15.5. The van der Waals surface area contributed by atoms with Gasteiger partial charge in [-0.3, -0.25) is 0 Å². The summed E-state index contributed by atoms with van der Waals surface area (Å²) in [4.78, 5) is 0. The minimum absolute atomic E-state index is 0.0522. The molecule has 0 aromatic carbocycles. The molecule has 4 heteroatoms. The van der Waals surface area contributed by atoms with E-state index in [0.29, 0.717) is 31.3 Å². The maximum atomic E-state index is 13.9. The highest BCUT2D eigenvalue weighted by Crippen LogP contribution is 2.60. The van der Waals surface area contributed by atoms with Crippen molar-refractivity contribution in [1.29, 1.82) is 0 Å². The number of ether oxygens (including phenoxy) is 1. The van der Waals surface area contributed by atoms with E-state index in [0.717, 1.165) is 25.4 Å². The molecule has 2 unspecified atom stereocenters.